The summed E-state index contributed by atoms with van der Waals surface area (Å²) in [7, 11) is -3.55. The van der Waals surface area contributed by atoms with E-state index in [0.29, 0.717) is 5.92 Å². The van der Waals surface area contributed by atoms with E-state index in [9.17, 15) is 13.2 Å². The van der Waals surface area contributed by atoms with Gasteiger partial charge in [-0.25, -0.2) is 18.1 Å². The van der Waals surface area contributed by atoms with Crippen molar-refractivity contribution in [1.82, 2.24) is 14.3 Å². The molecule has 7 heteroatoms. The minimum atomic E-state index is -3.55. The Labute approximate surface area is 141 Å². The number of benzene rings is 1. The van der Waals surface area contributed by atoms with Crippen molar-refractivity contribution in [1.29, 1.82) is 0 Å². The predicted octanol–water partition coefficient (Wildman–Crippen LogP) is 1.88. The van der Waals surface area contributed by atoms with E-state index in [1.807, 2.05) is 0 Å². The van der Waals surface area contributed by atoms with Gasteiger partial charge >= 0.3 is 0 Å². The molecule has 0 atom stereocenters. The fourth-order valence-electron chi connectivity index (χ4n) is 3.04. The van der Waals surface area contributed by atoms with Crippen molar-refractivity contribution in [2.45, 2.75) is 43.0 Å². The highest BCUT2D eigenvalue weighted by Gasteiger charge is 2.19. The summed E-state index contributed by atoms with van der Waals surface area (Å²) in [6.07, 6.45) is 6.08. The lowest BCUT2D eigenvalue weighted by Gasteiger charge is -2.11. The van der Waals surface area contributed by atoms with Gasteiger partial charge in [0.05, 0.1) is 16.9 Å². The second kappa shape index (κ2) is 7.27. The zero-order valence-electron chi connectivity index (χ0n) is 13.4. The lowest BCUT2D eigenvalue weighted by atomic mass is 10.0. The Balaban J connectivity index is 1.62. The largest absolute Gasteiger partial charge is 0.298 e. The second-order valence-corrected chi connectivity index (χ2v) is 7.80. The summed E-state index contributed by atoms with van der Waals surface area (Å²) in [4.78, 5) is 16.8. The maximum absolute atomic E-state index is 12.2. The third-order valence-electron chi connectivity index (χ3n) is 4.37. The maximum atomic E-state index is 12.2. The minimum absolute atomic E-state index is 0.134. The van der Waals surface area contributed by atoms with Crippen LogP contribution in [0.3, 0.4) is 0 Å². The van der Waals surface area contributed by atoms with E-state index in [2.05, 4.69) is 9.71 Å². The molecule has 1 N–H and O–H groups in total. The zero-order valence-corrected chi connectivity index (χ0v) is 14.2. The summed E-state index contributed by atoms with van der Waals surface area (Å²) in [6.45, 7) is 0.393. The van der Waals surface area contributed by atoms with Crippen LogP contribution in [0.4, 0.5) is 0 Å². The van der Waals surface area contributed by atoms with Crippen LogP contribution in [0.1, 0.15) is 37.3 Å². The van der Waals surface area contributed by atoms with E-state index in [1.165, 1.54) is 35.9 Å². The molecule has 0 unspecified atom stereocenters. The van der Waals surface area contributed by atoms with Crippen LogP contribution < -0.4 is 10.3 Å². The lowest BCUT2D eigenvalue weighted by Crippen LogP contribution is -2.31. The monoisotopic (exact) mass is 347 g/mol. The molecular weight excluding hydrogens is 326 g/mol. The topological polar surface area (TPSA) is 81.1 Å². The second-order valence-electron chi connectivity index (χ2n) is 6.04. The lowest BCUT2D eigenvalue weighted by molar-refractivity contribution is 0.566. The highest BCUT2D eigenvalue weighted by molar-refractivity contribution is 7.89. The Hall–Kier alpha value is -1.99. The number of hydrogen-bond acceptors (Lipinski definition) is 4. The van der Waals surface area contributed by atoms with Gasteiger partial charge in [-0.15, -0.1) is 0 Å². The summed E-state index contributed by atoms with van der Waals surface area (Å²) in [5.74, 6) is 0.393. The zero-order chi connectivity index (χ0) is 17.0. The summed E-state index contributed by atoms with van der Waals surface area (Å²) in [6, 6.07) is 9.76. The number of hydrogen-bond donors (Lipinski definition) is 1. The number of nitrogens with zero attached hydrogens (tertiary/aromatic N) is 2. The molecule has 1 aliphatic carbocycles. The Morgan fingerprint density at radius 3 is 2.54 bits per heavy atom. The van der Waals surface area contributed by atoms with E-state index >= 15 is 0 Å². The molecule has 1 heterocycles. The van der Waals surface area contributed by atoms with Crippen LogP contribution >= 0.6 is 0 Å². The standard InChI is InChI=1S/C17H21N3O3S/c21-17-12-16(14-6-4-5-7-14)18-13-20(17)11-10-19-24(22,23)15-8-2-1-3-9-15/h1-3,8-9,12-14,19H,4-7,10-11H2. The van der Waals surface area contributed by atoms with Gasteiger partial charge in [0, 0.05) is 25.1 Å². The van der Waals surface area contributed by atoms with E-state index in [-0.39, 0.29) is 23.5 Å². The Kier molecular flexibility index (Phi) is 5.11. The van der Waals surface area contributed by atoms with Crippen molar-refractivity contribution >= 4 is 10.0 Å². The van der Waals surface area contributed by atoms with Crippen LogP contribution in [0.15, 0.2) is 52.4 Å². The van der Waals surface area contributed by atoms with Crippen molar-refractivity contribution in [2.24, 2.45) is 0 Å². The molecule has 0 spiro atoms. The first-order valence-electron chi connectivity index (χ1n) is 8.17. The average Bonchev–Trinajstić information content (AvgIpc) is 3.11. The first kappa shape index (κ1) is 16.9. The third kappa shape index (κ3) is 3.91. The molecule has 0 saturated heterocycles. The molecule has 0 bridgehead atoms. The van der Waals surface area contributed by atoms with Gasteiger partial charge in [-0.1, -0.05) is 31.0 Å². The van der Waals surface area contributed by atoms with Gasteiger partial charge in [0.15, 0.2) is 0 Å². The molecule has 1 aromatic carbocycles. The van der Waals surface area contributed by atoms with E-state index in [1.54, 1.807) is 24.3 Å². The van der Waals surface area contributed by atoms with E-state index in [4.69, 9.17) is 0 Å². The van der Waals surface area contributed by atoms with E-state index in [0.717, 1.165) is 18.5 Å². The molecule has 1 fully saturated rings. The van der Waals surface area contributed by atoms with Crippen molar-refractivity contribution in [2.75, 3.05) is 6.54 Å². The fourth-order valence-corrected chi connectivity index (χ4v) is 4.08. The molecule has 128 valence electrons. The number of nitrogens with one attached hydrogen (secondary N) is 1. The molecule has 2 aromatic rings. The highest BCUT2D eigenvalue weighted by Crippen LogP contribution is 2.32. The third-order valence-corrected chi connectivity index (χ3v) is 5.85. The van der Waals surface area contributed by atoms with Gasteiger partial charge in [0.1, 0.15) is 0 Å². The first-order chi connectivity index (χ1) is 11.6. The molecular formula is C17H21N3O3S. The van der Waals surface area contributed by atoms with Gasteiger partial charge in [0.25, 0.3) is 5.56 Å². The van der Waals surface area contributed by atoms with Gasteiger partial charge in [0.2, 0.25) is 10.0 Å². The summed E-state index contributed by atoms with van der Waals surface area (Å²) in [5.41, 5.74) is 0.726. The summed E-state index contributed by atoms with van der Waals surface area (Å²) in [5, 5.41) is 0. The van der Waals surface area contributed by atoms with Gasteiger partial charge < -0.3 is 0 Å². The molecule has 1 aromatic heterocycles. The van der Waals surface area contributed by atoms with Crippen LogP contribution in [0.2, 0.25) is 0 Å². The van der Waals surface area contributed by atoms with Crippen molar-refractivity contribution in [3.05, 3.63) is 58.8 Å². The van der Waals surface area contributed by atoms with Gasteiger partial charge in [-0.3, -0.25) is 9.36 Å². The fraction of sp³-hybridized carbons (Fsp3) is 0.412. The van der Waals surface area contributed by atoms with Gasteiger partial charge in [-0.05, 0) is 25.0 Å². The normalized spacial score (nSPS) is 15.7. The van der Waals surface area contributed by atoms with Crippen LogP contribution in [-0.2, 0) is 16.6 Å². The molecule has 0 aliphatic heterocycles. The number of aromatic nitrogens is 2. The van der Waals surface area contributed by atoms with Crippen LogP contribution in [0.5, 0.6) is 0 Å². The van der Waals surface area contributed by atoms with Crippen LogP contribution in [-0.4, -0.2) is 24.5 Å². The Morgan fingerprint density at radius 2 is 1.88 bits per heavy atom. The van der Waals surface area contributed by atoms with E-state index < -0.39 is 10.0 Å². The molecule has 0 radical (unpaired) electrons. The molecule has 6 nitrogen and oxygen atoms in total. The predicted molar refractivity (Wildman–Crippen MR) is 91.3 cm³/mol. The summed E-state index contributed by atoms with van der Waals surface area (Å²) < 4.78 is 28.2. The Morgan fingerprint density at radius 1 is 1.17 bits per heavy atom. The minimum Gasteiger partial charge on any atom is -0.298 e. The molecule has 24 heavy (non-hydrogen) atoms. The first-order valence-corrected chi connectivity index (χ1v) is 9.66. The molecule has 1 saturated carbocycles. The van der Waals surface area contributed by atoms with Crippen LogP contribution in [0.25, 0.3) is 0 Å². The molecule has 1 aliphatic rings. The number of rotatable bonds is 6. The quantitative estimate of drug-likeness (QED) is 0.865. The maximum Gasteiger partial charge on any atom is 0.253 e. The molecule has 0 amide bonds. The Bertz CT molecular complexity index is 841. The van der Waals surface area contributed by atoms with Gasteiger partial charge in [-0.2, -0.15) is 0 Å². The smallest absolute Gasteiger partial charge is 0.253 e. The summed E-state index contributed by atoms with van der Waals surface area (Å²) >= 11 is 0. The molecule has 3 rings (SSSR count). The highest BCUT2D eigenvalue weighted by atomic mass is 32.2. The van der Waals surface area contributed by atoms with Crippen molar-refractivity contribution in [3.63, 3.8) is 0 Å². The van der Waals surface area contributed by atoms with Crippen molar-refractivity contribution in [3.8, 4) is 0 Å². The SMILES string of the molecule is O=c1cc(C2CCCC2)ncn1CCNS(=O)(=O)c1ccccc1. The average molecular weight is 347 g/mol. The van der Waals surface area contributed by atoms with Crippen molar-refractivity contribution < 1.29 is 8.42 Å². The number of sulfonamides is 1. The van der Waals surface area contributed by atoms with Crippen LogP contribution in [0, 0.1) is 0 Å².